The molecule has 5 nitrogen and oxygen atoms in total. The average molecular weight is 272 g/mol. The molecule has 19 heavy (non-hydrogen) atoms. The van der Waals surface area contributed by atoms with Crippen LogP contribution in [0.2, 0.25) is 0 Å². The Bertz CT molecular complexity index is 783. The molecule has 0 aromatic carbocycles. The van der Waals surface area contributed by atoms with Crippen molar-refractivity contribution in [2.75, 3.05) is 0 Å². The average Bonchev–Trinajstić information content (AvgIpc) is 2.96. The predicted molar refractivity (Wildman–Crippen MR) is 74.2 cm³/mol. The summed E-state index contributed by atoms with van der Waals surface area (Å²) < 4.78 is 1.71. The molecule has 0 saturated heterocycles. The van der Waals surface area contributed by atoms with E-state index in [4.69, 9.17) is 0 Å². The van der Waals surface area contributed by atoms with Gasteiger partial charge in [0.1, 0.15) is 0 Å². The lowest BCUT2D eigenvalue weighted by Gasteiger charge is -2.00. The van der Waals surface area contributed by atoms with Crippen LogP contribution in [-0.2, 0) is 6.54 Å². The second-order valence-corrected chi connectivity index (χ2v) is 5.70. The van der Waals surface area contributed by atoms with Crippen LogP contribution < -0.4 is 5.69 Å². The number of hydrogen-bond acceptors (Lipinski definition) is 4. The Balaban J connectivity index is 1.84. The number of aromatic amines is 1. The van der Waals surface area contributed by atoms with E-state index in [1.807, 2.05) is 16.8 Å². The first kappa shape index (κ1) is 10.9. The first-order valence-corrected chi connectivity index (χ1v) is 7.23. The van der Waals surface area contributed by atoms with Crippen molar-refractivity contribution in [1.82, 2.24) is 19.5 Å². The topological polar surface area (TPSA) is 63.6 Å². The second kappa shape index (κ2) is 4.03. The number of nitrogens with zero attached hydrogens (tertiary/aromatic N) is 3. The third kappa shape index (κ3) is 1.88. The molecule has 6 heteroatoms. The molecule has 0 atom stereocenters. The van der Waals surface area contributed by atoms with Gasteiger partial charge in [-0.2, -0.15) is 11.3 Å². The molecule has 0 unspecified atom stereocenters. The maximum atomic E-state index is 11.9. The number of aromatic nitrogens is 4. The Morgan fingerprint density at radius 2 is 2.37 bits per heavy atom. The van der Waals surface area contributed by atoms with Gasteiger partial charge >= 0.3 is 5.69 Å². The molecular formula is C13H12N4OS. The minimum atomic E-state index is -0.107. The normalized spacial score (nSPS) is 15.2. The van der Waals surface area contributed by atoms with E-state index in [0.717, 1.165) is 17.8 Å². The monoisotopic (exact) mass is 272 g/mol. The van der Waals surface area contributed by atoms with Gasteiger partial charge in [-0.15, -0.1) is 0 Å². The van der Waals surface area contributed by atoms with E-state index in [1.165, 1.54) is 12.8 Å². The van der Waals surface area contributed by atoms with Gasteiger partial charge in [0.25, 0.3) is 0 Å². The van der Waals surface area contributed by atoms with E-state index >= 15 is 0 Å². The molecule has 3 heterocycles. The van der Waals surface area contributed by atoms with Gasteiger partial charge in [0.2, 0.25) is 0 Å². The van der Waals surface area contributed by atoms with Crippen molar-refractivity contribution < 1.29 is 0 Å². The van der Waals surface area contributed by atoms with Crippen molar-refractivity contribution in [2.45, 2.75) is 19.4 Å². The molecule has 0 amide bonds. The summed E-state index contributed by atoms with van der Waals surface area (Å²) in [5.74, 6) is 0.634. The van der Waals surface area contributed by atoms with Gasteiger partial charge in [0.15, 0.2) is 11.3 Å². The molecule has 3 aromatic rings. The van der Waals surface area contributed by atoms with Crippen molar-refractivity contribution in [3.05, 3.63) is 33.5 Å². The largest absolute Gasteiger partial charge is 0.328 e. The second-order valence-electron chi connectivity index (χ2n) is 4.92. The third-order valence-corrected chi connectivity index (χ3v) is 4.12. The van der Waals surface area contributed by atoms with Crippen LogP contribution >= 0.6 is 11.3 Å². The van der Waals surface area contributed by atoms with E-state index in [0.29, 0.717) is 17.2 Å². The van der Waals surface area contributed by atoms with E-state index in [2.05, 4.69) is 15.0 Å². The zero-order valence-electron chi connectivity index (χ0n) is 10.2. The van der Waals surface area contributed by atoms with Crippen LogP contribution in [0.4, 0.5) is 0 Å². The molecule has 1 N–H and O–H groups in total. The highest BCUT2D eigenvalue weighted by atomic mass is 32.1. The summed E-state index contributed by atoms with van der Waals surface area (Å²) >= 11 is 1.62. The summed E-state index contributed by atoms with van der Waals surface area (Å²) in [5, 5.41) is 4.03. The molecule has 0 spiro atoms. The lowest BCUT2D eigenvalue weighted by molar-refractivity contribution is 0.620. The van der Waals surface area contributed by atoms with Gasteiger partial charge in [0.05, 0.1) is 11.9 Å². The zero-order chi connectivity index (χ0) is 12.8. The molecule has 1 fully saturated rings. The lowest BCUT2D eigenvalue weighted by atomic mass is 10.2. The van der Waals surface area contributed by atoms with Crippen molar-refractivity contribution in [2.24, 2.45) is 5.92 Å². The van der Waals surface area contributed by atoms with Gasteiger partial charge in [-0.05, 0) is 30.2 Å². The van der Waals surface area contributed by atoms with Crippen LogP contribution in [0.5, 0.6) is 0 Å². The van der Waals surface area contributed by atoms with Crippen LogP contribution in [0.1, 0.15) is 12.8 Å². The highest BCUT2D eigenvalue weighted by molar-refractivity contribution is 7.08. The summed E-state index contributed by atoms with van der Waals surface area (Å²) in [6.45, 7) is 0.755. The van der Waals surface area contributed by atoms with E-state index in [9.17, 15) is 4.79 Å². The Hall–Kier alpha value is -1.95. The third-order valence-electron chi connectivity index (χ3n) is 3.43. The fraction of sp³-hybridized carbons (Fsp3) is 0.308. The van der Waals surface area contributed by atoms with Crippen LogP contribution in [0.3, 0.4) is 0 Å². The molecule has 96 valence electrons. The standard InChI is InChI=1S/C13H12N4OS/c18-13-16-11-12(17(13)6-8-1-2-8)14-5-10(15-11)9-3-4-19-7-9/h3-5,7-8H,1-2,6H2,(H,15,16,18). The number of H-pyrrole nitrogens is 1. The molecule has 3 aromatic heterocycles. The smallest absolute Gasteiger partial charge is 0.289 e. The van der Waals surface area contributed by atoms with Crippen LogP contribution in [-0.4, -0.2) is 19.5 Å². The quantitative estimate of drug-likeness (QED) is 0.795. The first-order valence-electron chi connectivity index (χ1n) is 6.29. The summed E-state index contributed by atoms with van der Waals surface area (Å²) in [7, 11) is 0. The summed E-state index contributed by atoms with van der Waals surface area (Å²) in [6.07, 6.45) is 4.15. The number of thiophene rings is 1. The van der Waals surface area contributed by atoms with Crippen molar-refractivity contribution in [3.8, 4) is 11.3 Å². The number of hydrogen-bond donors (Lipinski definition) is 1. The van der Waals surface area contributed by atoms with Gasteiger partial charge in [0, 0.05) is 17.5 Å². The minimum absolute atomic E-state index is 0.107. The fourth-order valence-electron chi connectivity index (χ4n) is 2.21. The zero-order valence-corrected chi connectivity index (χ0v) is 11.0. The Morgan fingerprint density at radius 3 is 3.11 bits per heavy atom. The maximum absolute atomic E-state index is 11.9. The van der Waals surface area contributed by atoms with Crippen molar-refractivity contribution in [1.29, 1.82) is 0 Å². The van der Waals surface area contributed by atoms with E-state index < -0.39 is 0 Å². The maximum Gasteiger partial charge on any atom is 0.328 e. The van der Waals surface area contributed by atoms with Gasteiger partial charge in [-0.25, -0.2) is 14.8 Å². The van der Waals surface area contributed by atoms with E-state index in [-0.39, 0.29) is 5.69 Å². The molecule has 0 aliphatic heterocycles. The summed E-state index contributed by atoms with van der Waals surface area (Å²) in [6, 6.07) is 2.00. The molecule has 0 bridgehead atoms. The number of nitrogens with one attached hydrogen (secondary N) is 1. The highest BCUT2D eigenvalue weighted by Gasteiger charge is 2.24. The molecular weight excluding hydrogens is 260 g/mol. The Kier molecular flexibility index (Phi) is 2.32. The van der Waals surface area contributed by atoms with Gasteiger partial charge in [-0.1, -0.05) is 0 Å². The lowest BCUT2D eigenvalue weighted by Crippen LogP contribution is -2.17. The predicted octanol–water partition coefficient (Wildman–Crippen LogP) is 2.26. The van der Waals surface area contributed by atoms with Crippen molar-refractivity contribution in [3.63, 3.8) is 0 Å². The highest BCUT2D eigenvalue weighted by Crippen LogP contribution is 2.30. The molecule has 4 rings (SSSR count). The summed E-state index contributed by atoms with van der Waals surface area (Å²) in [5.41, 5.74) is 2.97. The Labute approximate surface area is 113 Å². The number of fused-ring (bicyclic) bond motifs is 1. The van der Waals surface area contributed by atoms with E-state index in [1.54, 1.807) is 22.1 Å². The van der Waals surface area contributed by atoms with Gasteiger partial charge in [-0.3, -0.25) is 9.55 Å². The van der Waals surface area contributed by atoms with Crippen LogP contribution in [0.25, 0.3) is 22.6 Å². The van der Waals surface area contributed by atoms with Crippen LogP contribution in [0.15, 0.2) is 27.8 Å². The number of rotatable bonds is 3. The fourth-order valence-corrected chi connectivity index (χ4v) is 2.86. The van der Waals surface area contributed by atoms with Crippen LogP contribution in [0, 0.1) is 5.92 Å². The SMILES string of the molecule is O=c1[nH]c2nc(-c3ccsc3)cnc2n1CC1CC1. The minimum Gasteiger partial charge on any atom is -0.289 e. The number of imidazole rings is 1. The molecule has 1 saturated carbocycles. The first-order chi connectivity index (χ1) is 9.31. The van der Waals surface area contributed by atoms with Gasteiger partial charge < -0.3 is 0 Å². The van der Waals surface area contributed by atoms with Crippen molar-refractivity contribution >= 4 is 22.6 Å². The molecule has 1 aliphatic carbocycles. The molecule has 0 radical (unpaired) electrons. The molecule has 1 aliphatic rings. The summed E-state index contributed by atoms with van der Waals surface area (Å²) in [4.78, 5) is 23.6. The Morgan fingerprint density at radius 1 is 1.47 bits per heavy atom.